The maximum Gasteiger partial charge on any atom is 0.0461 e. The Hall–Kier alpha value is -0.540. The monoisotopic (exact) mass is 312 g/mol. The van der Waals surface area contributed by atoms with Gasteiger partial charge < -0.3 is 5.73 Å². The molecule has 0 atom stereocenters. The molecule has 0 aliphatic rings. The fourth-order valence-corrected chi connectivity index (χ4v) is 2.59. The second-order valence-corrected chi connectivity index (χ2v) is 6.60. The van der Waals surface area contributed by atoms with Crippen LogP contribution in [-0.2, 0) is 6.54 Å². The summed E-state index contributed by atoms with van der Waals surface area (Å²) in [6.45, 7) is 12.3. The minimum absolute atomic E-state index is 0.684. The van der Waals surface area contributed by atoms with Crippen LogP contribution in [0.3, 0.4) is 0 Å². The molecule has 2 N–H and O–H groups in total. The highest BCUT2D eigenvalue weighted by molar-refractivity contribution is 9.10. The van der Waals surface area contributed by atoms with Gasteiger partial charge in [0.05, 0.1) is 0 Å². The summed E-state index contributed by atoms with van der Waals surface area (Å²) in [6.07, 6.45) is 0. The van der Waals surface area contributed by atoms with Crippen molar-refractivity contribution in [1.29, 1.82) is 0 Å². The van der Waals surface area contributed by atoms with E-state index in [0.29, 0.717) is 11.8 Å². The first-order valence-corrected chi connectivity index (χ1v) is 7.44. The molecule has 1 aromatic carbocycles. The topological polar surface area (TPSA) is 29.3 Å². The zero-order chi connectivity index (χ0) is 13.7. The SMILES string of the molecule is CC(C)CN(Cc1cccc(N)c1Br)CC(C)C. The van der Waals surface area contributed by atoms with Crippen molar-refractivity contribution in [3.63, 3.8) is 0 Å². The summed E-state index contributed by atoms with van der Waals surface area (Å²) in [5.41, 5.74) is 8.03. The van der Waals surface area contributed by atoms with Gasteiger partial charge in [0.1, 0.15) is 0 Å². The minimum atomic E-state index is 0.684. The van der Waals surface area contributed by atoms with Crippen LogP contribution in [0.1, 0.15) is 33.3 Å². The number of hydrogen-bond donors (Lipinski definition) is 1. The van der Waals surface area contributed by atoms with Crippen molar-refractivity contribution in [3.05, 3.63) is 28.2 Å². The average molecular weight is 313 g/mol. The zero-order valence-electron chi connectivity index (χ0n) is 11.9. The second-order valence-electron chi connectivity index (χ2n) is 5.80. The molecule has 0 saturated heterocycles. The van der Waals surface area contributed by atoms with E-state index < -0.39 is 0 Å². The van der Waals surface area contributed by atoms with E-state index >= 15 is 0 Å². The normalized spacial score (nSPS) is 11.8. The molecule has 2 nitrogen and oxygen atoms in total. The molecule has 102 valence electrons. The quantitative estimate of drug-likeness (QED) is 0.800. The molecule has 0 spiro atoms. The summed E-state index contributed by atoms with van der Waals surface area (Å²) in [4.78, 5) is 2.51. The highest BCUT2D eigenvalue weighted by Gasteiger charge is 2.12. The summed E-state index contributed by atoms with van der Waals surface area (Å²) >= 11 is 3.59. The zero-order valence-corrected chi connectivity index (χ0v) is 13.5. The number of nitrogens with zero attached hydrogens (tertiary/aromatic N) is 1. The summed E-state index contributed by atoms with van der Waals surface area (Å²) < 4.78 is 1.04. The van der Waals surface area contributed by atoms with Gasteiger partial charge in [-0.05, 0) is 39.4 Å². The van der Waals surface area contributed by atoms with Crippen molar-refractivity contribution in [2.45, 2.75) is 34.2 Å². The van der Waals surface area contributed by atoms with Crippen LogP contribution in [0.4, 0.5) is 5.69 Å². The highest BCUT2D eigenvalue weighted by Crippen LogP contribution is 2.25. The Morgan fingerprint density at radius 3 is 2.17 bits per heavy atom. The molecule has 0 fully saturated rings. The fourth-order valence-electron chi connectivity index (χ4n) is 2.20. The fraction of sp³-hybridized carbons (Fsp3) is 0.600. The van der Waals surface area contributed by atoms with Crippen LogP contribution in [0.2, 0.25) is 0 Å². The second kappa shape index (κ2) is 7.15. The number of nitrogens with two attached hydrogens (primary N) is 1. The van der Waals surface area contributed by atoms with Gasteiger partial charge in [-0.1, -0.05) is 39.8 Å². The van der Waals surface area contributed by atoms with E-state index in [1.807, 2.05) is 12.1 Å². The lowest BCUT2D eigenvalue weighted by Gasteiger charge is -2.26. The third-order valence-electron chi connectivity index (χ3n) is 2.75. The molecule has 0 saturated carbocycles. The van der Waals surface area contributed by atoms with Crippen molar-refractivity contribution in [3.8, 4) is 0 Å². The van der Waals surface area contributed by atoms with E-state index in [9.17, 15) is 0 Å². The van der Waals surface area contributed by atoms with Gasteiger partial charge in [-0.2, -0.15) is 0 Å². The first-order chi connectivity index (χ1) is 8.40. The van der Waals surface area contributed by atoms with Gasteiger partial charge in [-0.15, -0.1) is 0 Å². The van der Waals surface area contributed by atoms with Gasteiger partial charge >= 0.3 is 0 Å². The minimum Gasteiger partial charge on any atom is -0.398 e. The van der Waals surface area contributed by atoms with Crippen molar-refractivity contribution in [1.82, 2.24) is 4.90 Å². The Morgan fingerprint density at radius 1 is 1.11 bits per heavy atom. The number of hydrogen-bond acceptors (Lipinski definition) is 2. The van der Waals surface area contributed by atoms with Crippen molar-refractivity contribution in [2.24, 2.45) is 11.8 Å². The van der Waals surface area contributed by atoms with E-state index in [4.69, 9.17) is 5.73 Å². The molecule has 3 heteroatoms. The first-order valence-electron chi connectivity index (χ1n) is 6.65. The summed E-state index contributed by atoms with van der Waals surface area (Å²) in [5.74, 6) is 1.37. The van der Waals surface area contributed by atoms with Crippen LogP contribution in [0.15, 0.2) is 22.7 Å². The Balaban J connectivity index is 2.78. The summed E-state index contributed by atoms with van der Waals surface area (Å²) in [7, 11) is 0. The van der Waals surface area contributed by atoms with Crippen LogP contribution < -0.4 is 5.73 Å². The lowest BCUT2D eigenvalue weighted by atomic mass is 10.1. The third kappa shape index (κ3) is 4.99. The van der Waals surface area contributed by atoms with E-state index in [2.05, 4.69) is 54.6 Å². The van der Waals surface area contributed by atoms with Crippen molar-refractivity contribution in [2.75, 3.05) is 18.8 Å². The number of halogens is 1. The summed E-state index contributed by atoms with van der Waals surface area (Å²) in [5, 5.41) is 0. The molecule has 0 aromatic heterocycles. The maximum absolute atomic E-state index is 5.93. The van der Waals surface area contributed by atoms with Gasteiger partial charge in [0.2, 0.25) is 0 Å². The third-order valence-corrected chi connectivity index (χ3v) is 3.72. The molecular formula is C15H25BrN2. The largest absolute Gasteiger partial charge is 0.398 e. The van der Waals surface area contributed by atoms with Crippen molar-refractivity contribution >= 4 is 21.6 Å². The number of benzene rings is 1. The van der Waals surface area contributed by atoms with Gasteiger partial charge in [0, 0.05) is 29.8 Å². The Kier molecular flexibility index (Phi) is 6.16. The first kappa shape index (κ1) is 15.5. The number of rotatable bonds is 6. The molecule has 0 radical (unpaired) electrons. The molecule has 1 rings (SSSR count). The van der Waals surface area contributed by atoms with E-state index in [1.54, 1.807) is 0 Å². The lowest BCUT2D eigenvalue weighted by molar-refractivity contribution is 0.211. The molecule has 0 amide bonds. The van der Waals surface area contributed by atoms with Gasteiger partial charge in [0.15, 0.2) is 0 Å². The molecule has 1 aromatic rings. The molecule has 0 unspecified atom stereocenters. The predicted octanol–water partition coefficient (Wildman–Crippen LogP) is 4.15. The van der Waals surface area contributed by atoms with E-state index in [1.165, 1.54) is 5.56 Å². The van der Waals surface area contributed by atoms with Crippen LogP contribution in [-0.4, -0.2) is 18.0 Å². The number of anilines is 1. The van der Waals surface area contributed by atoms with Crippen LogP contribution in [0.25, 0.3) is 0 Å². The molecule has 18 heavy (non-hydrogen) atoms. The average Bonchev–Trinajstić information content (AvgIpc) is 2.23. The van der Waals surface area contributed by atoms with Gasteiger partial charge in [-0.25, -0.2) is 0 Å². The van der Waals surface area contributed by atoms with Gasteiger partial charge in [0.25, 0.3) is 0 Å². The lowest BCUT2D eigenvalue weighted by Crippen LogP contribution is -2.31. The Labute approximate surface area is 120 Å². The van der Waals surface area contributed by atoms with Crippen LogP contribution in [0.5, 0.6) is 0 Å². The van der Waals surface area contributed by atoms with Crippen LogP contribution >= 0.6 is 15.9 Å². The molecule has 0 aliphatic carbocycles. The molecular weight excluding hydrogens is 288 g/mol. The van der Waals surface area contributed by atoms with Crippen molar-refractivity contribution < 1.29 is 0 Å². The highest BCUT2D eigenvalue weighted by atomic mass is 79.9. The molecule has 0 aliphatic heterocycles. The summed E-state index contributed by atoms with van der Waals surface area (Å²) in [6, 6.07) is 6.11. The standard InChI is InChI=1S/C15H25BrN2/c1-11(2)8-18(9-12(3)4)10-13-6-5-7-14(17)15(13)16/h5-7,11-12H,8-10,17H2,1-4H3. The van der Waals surface area contributed by atoms with E-state index in [-0.39, 0.29) is 0 Å². The molecule has 0 heterocycles. The molecule has 0 bridgehead atoms. The van der Waals surface area contributed by atoms with E-state index in [0.717, 1.165) is 29.8 Å². The van der Waals surface area contributed by atoms with Gasteiger partial charge in [-0.3, -0.25) is 4.90 Å². The maximum atomic E-state index is 5.93. The predicted molar refractivity (Wildman–Crippen MR) is 83.5 cm³/mol. The Bertz CT molecular complexity index is 365. The number of nitrogen functional groups attached to an aromatic ring is 1. The Morgan fingerprint density at radius 2 is 1.67 bits per heavy atom. The smallest absolute Gasteiger partial charge is 0.0461 e. The van der Waals surface area contributed by atoms with Crippen LogP contribution in [0, 0.1) is 11.8 Å².